The molecule has 0 aliphatic heterocycles. The SMILES string of the molecule is CCCC(CNc1ccncc1)C(=O)O. The second-order valence-electron chi connectivity index (χ2n) is 3.44. The fraction of sp³-hybridized carbons (Fsp3) is 0.455. The van der Waals surface area contributed by atoms with Crippen LogP contribution in [0.5, 0.6) is 0 Å². The van der Waals surface area contributed by atoms with Gasteiger partial charge >= 0.3 is 5.97 Å². The van der Waals surface area contributed by atoms with Gasteiger partial charge in [0, 0.05) is 24.6 Å². The lowest BCUT2D eigenvalue weighted by Crippen LogP contribution is -2.22. The first-order valence-electron chi connectivity index (χ1n) is 5.10. The average molecular weight is 208 g/mol. The normalized spacial score (nSPS) is 12.1. The van der Waals surface area contributed by atoms with Crippen molar-refractivity contribution >= 4 is 11.7 Å². The third-order valence-corrected chi connectivity index (χ3v) is 2.22. The van der Waals surface area contributed by atoms with Crippen molar-refractivity contribution < 1.29 is 9.90 Å². The largest absolute Gasteiger partial charge is 0.481 e. The van der Waals surface area contributed by atoms with Crippen molar-refractivity contribution in [1.82, 2.24) is 4.98 Å². The van der Waals surface area contributed by atoms with E-state index in [4.69, 9.17) is 5.11 Å². The van der Waals surface area contributed by atoms with Gasteiger partial charge in [-0.05, 0) is 18.6 Å². The number of pyridine rings is 1. The molecule has 0 bridgehead atoms. The monoisotopic (exact) mass is 208 g/mol. The molecule has 0 saturated carbocycles. The molecule has 1 aromatic heterocycles. The second kappa shape index (κ2) is 6.01. The Morgan fingerprint density at radius 3 is 2.73 bits per heavy atom. The van der Waals surface area contributed by atoms with Crippen molar-refractivity contribution in [2.75, 3.05) is 11.9 Å². The summed E-state index contributed by atoms with van der Waals surface area (Å²) in [7, 11) is 0. The quantitative estimate of drug-likeness (QED) is 0.750. The molecule has 0 spiro atoms. The molecule has 0 radical (unpaired) electrons. The first kappa shape index (κ1) is 11.5. The number of anilines is 1. The molecule has 1 rings (SSSR count). The number of aliphatic carboxylic acids is 1. The van der Waals surface area contributed by atoms with E-state index in [1.54, 1.807) is 12.4 Å². The Balaban J connectivity index is 2.43. The summed E-state index contributed by atoms with van der Waals surface area (Å²) in [6, 6.07) is 3.65. The van der Waals surface area contributed by atoms with Crippen LogP contribution in [0.4, 0.5) is 5.69 Å². The Kier molecular flexibility index (Phi) is 4.60. The highest BCUT2D eigenvalue weighted by atomic mass is 16.4. The zero-order valence-electron chi connectivity index (χ0n) is 8.81. The fourth-order valence-corrected chi connectivity index (χ4v) is 1.37. The van der Waals surface area contributed by atoms with Crippen molar-refractivity contribution in [3.05, 3.63) is 24.5 Å². The van der Waals surface area contributed by atoms with Gasteiger partial charge in [-0.1, -0.05) is 13.3 Å². The molecular weight excluding hydrogens is 192 g/mol. The van der Waals surface area contributed by atoms with Crippen LogP contribution in [0.3, 0.4) is 0 Å². The van der Waals surface area contributed by atoms with Crippen LogP contribution in [0.25, 0.3) is 0 Å². The number of nitrogens with one attached hydrogen (secondary N) is 1. The van der Waals surface area contributed by atoms with Crippen molar-refractivity contribution in [2.24, 2.45) is 5.92 Å². The molecule has 82 valence electrons. The van der Waals surface area contributed by atoms with Crippen LogP contribution in [-0.4, -0.2) is 22.6 Å². The Morgan fingerprint density at radius 2 is 2.20 bits per heavy atom. The van der Waals surface area contributed by atoms with Crippen LogP contribution in [0, 0.1) is 5.92 Å². The maximum atomic E-state index is 10.9. The highest BCUT2D eigenvalue weighted by Crippen LogP contribution is 2.09. The number of hydrogen-bond donors (Lipinski definition) is 2. The number of hydrogen-bond acceptors (Lipinski definition) is 3. The van der Waals surface area contributed by atoms with Crippen LogP contribution in [0.2, 0.25) is 0 Å². The van der Waals surface area contributed by atoms with E-state index in [0.717, 1.165) is 12.1 Å². The van der Waals surface area contributed by atoms with Gasteiger partial charge in [-0.3, -0.25) is 9.78 Å². The third kappa shape index (κ3) is 3.97. The van der Waals surface area contributed by atoms with Crippen LogP contribution < -0.4 is 5.32 Å². The zero-order valence-corrected chi connectivity index (χ0v) is 8.81. The summed E-state index contributed by atoms with van der Waals surface area (Å²) in [4.78, 5) is 14.7. The summed E-state index contributed by atoms with van der Waals surface area (Å²) in [6.07, 6.45) is 4.94. The molecule has 4 heteroatoms. The Bertz CT molecular complexity index is 301. The second-order valence-corrected chi connectivity index (χ2v) is 3.44. The molecule has 0 amide bonds. The molecule has 1 aromatic rings. The highest BCUT2D eigenvalue weighted by Gasteiger charge is 2.15. The number of carbonyl (C=O) groups is 1. The highest BCUT2D eigenvalue weighted by molar-refractivity contribution is 5.70. The van der Waals surface area contributed by atoms with E-state index in [1.807, 2.05) is 19.1 Å². The van der Waals surface area contributed by atoms with Crippen molar-refractivity contribution in [1.29, 1.82) is 0 Å². The van der Waals surface area contributed by atoms with E-state index >= 15 is 0 Å². The van der Waals surface area contributed by atoms with E-state index in [9.17, 15) is 4.79 Å². The lowest BCUT2D eigenvalue weighted by Gasteiger charge is -2.12. The molecule has 2 N–H and O–H groups in total. The minimum atomic E-state index is -0.738. The maximum absolute atomic E-state index is 10.9. The summed E-state index contributed by atoms with van der Waals surface area (Å²) in [5.41, 5.74) is 0.910. The molecule has 15 heavy (non-hydrogen) atoms. The summed E-state index contributed by atoms with van der Waals surface area (Å²) < 4.78 is 0. The predicted molar refractivity (Wildman–Crippen MR) is 58.8 cm³/mol. The molecule has 0 saturated heterocycles. The summed E-state index contributed by atoms with van der Waals surface area (Å²) in [5, 5.41) is 12.0. The number of nitrogens with zero attached hydrogens (tertiary/aromatic N) is 1. The van der Waals surface area contributed by atoms with E-state index in [-0.39, 0.29) is 5.92 Å². The average Bonchev–Trinajstić information content (AvgIpc) is 2.25. The topological polar surface area (TPSA) is 62.2 Å². The van der Waals surface area contributed by atoms with E-state index in [0.29, 0.717) is 13.0 Å². The number of aromatic nitrogens is 1. The standard InChI is InChI=1S/C11H16N2O2/c1-2-3-9(11(14)15)8-13-10-4-6-12-7-5-10/h4-7,9H,2-3,8H2,1H3,(H,12,13)(H,14,15). The molecular formula is C11H16N2O2. The minimum Gasteiger partial charge on any atom is -0.481 e. The molecule has 1 atom stereocenters. The van der Waals surface area contributed by atoms with Crippen molar-refractivity contribution in [3.63, 3.8) is 0 Å². The summed E-state index contributed by atoms with van der Waals surface area (Å²) in [5.74, 6) is -1.05. The van der Waals surface area contributed by atoms with Gasteiger partial charge in [-0.15, -0.1) is 0 Å². The Hall–Kier alpha value is -1.58. The summed E-state index contributed by atoms with van der Waals surface area (Å²) >= 11 is 0. The first-order valence-corrected chi connectivity index (χ1v) is 5.10. The van der Waals surface area contributed by atoms with Gasteiger partial charge in [0.2, 0.25) is 0 Å². The van der Waals surface area contributed by atoms with Crippen molar-refractivity contribution in [2.45, 2.75) is 19.8 Å². The molecule has 4 nitrogen and oxygen atoms in total. The third-order valence-electron chi connectivity index (χ3n) is 2.22. The molecule has 0 aromatic carbocycles. The maximum Gasteiger partial charge on any atom is 0.308 e. The van der Waals surface area contributed by atoms with Gasteiger partial charge in [0.1, 0.15) is 0 Å². The number of carboxylic acids is 1. The van der Waals surface area contributed by atoms with Gasteiger partial charge in [-0.25, -0.2) is 0 Å². The Labute approximate surface area is 89.3 Å². The van der Waals surface area contributed by atoms with Gasteiger partial charge in [0.05, 0.1) is 5.92 Å². The van der Waals surface area contributed by atoms with Gasteiger partial charge in [0.25, 0.3) is 0 Å². The van der Waals surface area contributed by atoms with Crippen molar-refractivity contribution in [3.8, 4) is 0 Å². The van der Waals surface area contributed by atoms with Gasteiger partial charge in [-0.2, -0.15) is 0 Å². The fourth-order valence-electron chi connectivity index (χ4n) is 1.37. The van der Waals surface area contributed by atoms with E-state index in [2.05, 4.69) is 10.3 Å². The van der Waals surface area contributed by atoms with Crippen LogP contribution in [0.1, 0.15) is 19.8 Å². The summed E-state index contributed by atoms with van der Waals surface area (Å²) in [6.45, 7) is 2.45. The Morgan fingerprint density at radius 1 is 1.53 bits per heavy atom. The van der Waals surface area contributed by atoms with Crippen LogP contribution >= 0.6 is 0 Å². The first-order chi connectivity index (χ1) is 7.24. The van der Waals surface area contributed by atoms with Gasteiger partial charge in [0.15, 0.2) is 0 Å². The number of carboxylic acid groups (broad SMARTS) is 1. The molecule has 0 fully saturated rings. The molecule has 0 aliphatic carbocycles. The van der Waals surface area contributed by atoms with Crippen LogP contribution in [0.15, 0.2) is 24.5 Å². The number of rotatable bonds is 6. The molecule has 1 unspecified atom stereocenters. The van der Waals surface area contributed by atoms with Gasteiger partial charge < -0.3 is 10.4 Å². The van der Waals surface area contributed by atoms with Crippen LogP contribution in [-0.2, 0) is 4.79 Å². The predicted octanol–water partition coefficient (Wildman–Crippen LogP) is 1.99. The lowest BCUT2D eigenvalue weighted by molar-refractivity contribution is -0.141. The van der Waals surface area contributed by atoms with E-state index in [1.165, 1.54) is 0 Å². The zero-order chi connectivity index (χ0) is 11.1. The smallest absolute Gasteiger partial charge is 0.308 e. The minimum absolute atomic E-state index is 0.317. The molecule has 1 heterocycles. The lowest BCUT2D eigenvalue weighted by atomic mass is 10.0. The van der Waals surface area contributed by atoms with E-state index < -0.39 is 5.97 Å². The molecule has 0 aliphatic rings.